The second kappa shape index (κ2) is 8.83. The predicted molar refractivity (Wildman–Crippen MR) is 94.1 cm³/mol. The van der Waals surface area contributed by atoms with Crippen LogP contribution in [0.4, 0.5) is 4.39 Å². The molecule has 0 bridgehead atoms. The van der Waals surface area contributed by atoms with E-state index in [-0.39, 0.29) is 12.5 Å². The van der Waals surface area contributed by atoms with Gasteiger partial charge in [0.1, 0.15) is 5.82 Å². The number of ether oxygens (including phenoxy) is 1. The summed E-state index contributed by atoms with van der Waals surface area (Å²) in [5.74, 6) is -1.51. The van der Waals surface area contributed by atoms with Gasteiger partial charge in [0.2, 0.25) is 0 Å². The zero-order chi connectivity index (χ0) is 18.4. The number of carbonyl (C=O) groups excluding carboxylic acids is 2. The highest BCUT2D eigenvalue weighted by atomic mass is 35.5. The van der Waals surface area contributed by atoms with E-state index in [0.29, 0.717) is 21.2 Å². The van der Waals surface area contributed by atoms with E-state index in [1.807, 2.05) is 0 Å². The third-order valence-corrected chi connectivity index (χ3v) is 3.97. The zero-order valence-corrected chi connectivity index (χ0v) is 14.9. The van der Waals surface area contributed by atoms with Crippen molar-refractivity contribution < 1.29 is 18.7 Å². The molecule has 0 spiro atoms. The lowest BCUT2D eigenvalue weighted by Gasteiger charge is -2.16. The maximum absolute atomic E-state index is 13.1. The summed E-state index contributed by atoms with van der Waals surface area (Å²) >= 11 is 11.9. The van der Waals surface area contributed by atoms with Crippen LogP contribution in [0.3, 0.4) is 0 Å². The number of hydrogen-bond donors (Lipinski definition) is 1. The Morgan fingerprint density at radius 1 is 1.20 bits per heavy atom. The van der Waals surface area contributed by atoms with E-state index >= 15 is 0 Å². The average molecular weight is 384 g/mol. The van der Waals surface area contributed by atoms with Crippen molar-refractivity contribution >= 4 is 35.1 Å². The summed E-state index contributed by atoms with van der Waals surface area (Å²) in [7, 11) is 0. The van der Waals surface area contributed by atoms with Gasteiger partial charge in [-0.05, 0) is 42.3 Å². The highest BCUT2D eigenvalue weighted by Gasteiger charge is 2.15. The van der Waals surface area contributed by atoms with Gasteiger partial charge in [0.15, 0.2) is 6.61 Å². The lowest BCUT2D eigenvalue weighted by Crippen LogP contribution is -2.31. The van der Waals surface area contributed by atoms with Crippen molar-refractivity contribution in [2.75, 3.05) is 6.61 Å². The molecule has 2 aromatic carbocycles. The fraction of sp³-hybridized carbons (Fsp3) is 0.222. The van der Waals surface area contributed by atoms with Crippen LogP contribution in [0.2, 0.25) is 10.0 Å². The second-order valence-electron chi connectivity index (χ2n) is 5.42. The first-order chi connectivity index (χ1) is 11.8. The molecule has 25 heavy (non-hydrogen) atoms. The maximum atomic E-state index is 13.1. The summed E-state index contributed by atoms with van der Waals surface area (Å²) < 4.78 is 18.0. The van der Waals surface area contributed by atoms with Crippen LogP contribution in [0.15, 0.2) is 42.5 Å². The normalized spacial score (nSPS) is 11.7. The molecule has 0 saturated carbocycles. The fourth-order valence-corrected chi connectivity index (χ4v) is 2.80. The molecule has 1 N–H and O–H groups in total. The van der Waals surface area contributed by atoms with E-state index in [0.717, 1.165) is 0 Å². The number of benzene rings is 2. The summed E-state index contributed by atoms with van der Waals surface area (Å²) in [5, 5.41) is 3.61. The summed E-state index contributed by atoms with van der Waals surface area (Å²) in [5.41, 5.74) is 1.18. The Morgan fingerprint density at radius 3 is 2.64 bits per heavy atom. The Morgan fingerprint density at radius 2 is 1.96 bits per heavy atom. The molecular weight excluding hydrogens is 368 g/mol. The molecule has 0 aliphatic heterocycles. The molecule has 2 aromatic rings. The third-order valence-electron chi connectivity index (χ3n) is 3.41. The number of esters is 1. The smallest absolute Gasteiger partial charge is 0.310 e. The minimum Gasteiger partial charge on any atom is -0.455 e. The third kappa shape index (κ3) is 6.03. The van der Waals surface area contributed by atoms with Crippen molar-refractivity contribution in [2.24, 2.45) is 0 Å². The molecule has 0 aliphatic rings. The topological polar surface area (TPSA) is 55.4 Å². The highest BCUT2D eigenvalue weighted by molar-refractivity contribution is 6.35. The van der Waals surface area contributed by atoms with Crippen molar-refractivity contribution in [3.63, 3.8) is 0 Å². The van der Waals surface area contributed by atoms with Crippen LogP contribution in [-0.4, -0.2) is 18.5 Å². The molecular formula is C18H16Cl2FNO3. The molecule has 0 radical (unpaired) electrons. The molecule has 0 heterocycles. The minimum atomic E-state index is -0.613. The van der Waals surface area contributed by atoms with Gasteiger partial charge < -0.3 is 10.1 Å². The zero-order valence-electron chi connectivity index (χ0n) is 13.4. The van der Waals surface area contributed by atoms with Crippen molar-refractivity contribution in [3.05, 3.63) is 69.5 Å². The van der Waals surface area contributed by atoms with Crippen LogP contribution in [0.5, 0.6) is 0 Å². The Labute approximate surface area is 154 Å². The van der Waals surface area contributed by atoms with Crippen LogP contribution < -0.4 is 5.32 Å². The Hall–Kier alpha value is -2.11. The number of rotatable bonds is 6. The standard InChI is InChI=1S/C18H16Cl2FNO3/c1-11(15-6-5-13(19)9-16(15)20)22-17(23)10-25-18(24)8-12-3-2-4-14(21)7-12/h2-7,9,11H,8,10H2,1H3,(H,22,23)/t11-/m0/s1. The average Bonchev–Trinajstić information content (AvgIpc) is 2.52. The van der Waals surface area contributed by atoms with Gasteiger partial charge in [0, 0.05) is 10.0 Å². The first-order valence-corrected chi connectivity index (χ1v) is 8.25. The molecule has 0 fully saturated rings. The van der Waals surface area contributed by atoms with Gasteiger partial charge in [-0.2, -0.15) is 0 Å². The van der Waals surface area contributed by atoms with Gasteiger partial charge in [-0.1, -0.05) is 41.4 Å². The van der Waals surface area contributed by atoms with Gasteiger partial charge >= 0.3 is 5.97 Å². The number of hydrogen-bond acceptors (Lipinski definition) is 3. The Balaban J connectivity index is 1.82. The molecule has 132 valence electrons. The van der Waals surface area contributed by atoms with Crippen molar-refractivity contribution in [1.82, 2.24) is 5.32 Å². The monoisotopic (exact) mass is 383 g/mol. The molecule has 1 atom stereocenters. The van der Waals surface area contributed by atoms with Crippen molar-refractivity contribution in [2.45, 2.75) is 19.4 Å². The van der Waals surface area contributed by atoms with E-state index in [9.17, 15) is 14.0 Å². The summed E-state index contributed by atoms with van der Waals surface area (Å²) in [6, 6.07) is 10.2. The summed E-state index contributed by atoms with van der Waals surface area (Å²) in [4.78, 5) is 23.6. The lowest BCUT2D eigenvalue weighted by molar-refractivity contribution is -0.148. The fourth-order valence-electron chi connectivity index (χ4n) is 2.22. The van der Waals surface area contributed by atoms with Crippen LogP contribution in [-0.2, 0) is 20.7 Å². The van der Waals surface area contributed by atoms with Crippen molar-refractivity contribution in [1.29, 1.82) is 0 Å². The quantitative estimate of drug-likeness (QED) is 0.764. The van der Waals surface area contributed by atoms with E-state index in [2.05, 4.69) is 5.32 Å². The van der Waals surface area contributed by atoms with Crippen molar-refractivity contribution in [3.8, 4) is 0 Å². The van der Waals surface area contributed by atoms with Gasteiger partial charge in [0.25, 0.3) is 5.91 Å². The van der Waals surface area contributed by atoms with E-state index in [1.54, 1.807) is 31.2 Å². The van der Waals surface area contributed by atoms with E-state index in [1.165, 1.54) is 18.2 Å². The highest BCUT2D eigenvalue weighted by Crippen LogP contribution is 2.25. The van der Waals surface area contributed by atoms with Gasteiger partial charge in [-0.15, -0.1) is 0 Å². The molecule has 7 heteroatoms. The summed E-state index contributed by atoms with van der Waals surface area (Å²) in [6.45, 7) is 1.32. The second-order valence-corrected chi connectivity index (χ2v) is 6.27. The Bertz CT molecular complexity index is 783. The van der Waals surface area contributed by atoms with Crippen LogP contribution in [0.1, 0.15) is 24.1 Å². The molecule has 4 nitrogen and oxygen atoms in total. The molecule has 0 aromatic heterocycles. The maximum Gasteiger partial charge on any atom is 0.310 e. The first kappa shape index (κ1) is 19.2. The molecule has 0 aliphatic carbocycles. The minimum absolute atomic E-state index is 0.108. The molecule has 1 amide bonds. The van der Waals surface area contributed by atoms with E-state index < -0.39 is 24.3 Å². The predicted octanol–water partition coefficient (Wildman–Crippen LogP) is 4.10. The van der Waals surface area contributed by atoms with Crippen LogP contribution in [0.25, 0.3) is 0 Å². The number of amides is 1. The SMILES string of the molecule is C[C@H](NC(=O)COC(=O)Cc1cccc(F)c1)c1ccc(Cl)cc1Cl. The van der Waals surface area contributed by atoms with Gasteiger partial charge in [-0.25, -0.2) is 4.39 Å². The Kier molecular flexibility index (Phi) is 6.79. The van der Waals surface area contributed by atoms with Gasteiger partial charge in [-0.3, -0.25) is 9.59 Å². The van der Waals surface area contributed by atoms with E-state index in [4.69, 9.17) is 27.9 Å². The lowest BCUT2D eigenvalue weighted by atomic mass is 10.1. The van der Waals surface area contributed by atoms with Crippen LogP contribution in [0, 0.1) is 5.82 Å². The number of nitrogens with one attached hydrogen (secondary N) is 1. The van der Waals surface area contributed by atoms with Crippen LogP contribution >= 0.6 is 23.2 Å². The number of carbonyl (C=O) groups is 2. The molecule has 0 unspecified atom stereocenters. The number of halogens is 3. The van der Waals surface area contributed by atoms with Gasteiger partial charge in [0.05, 0.1) is 12.5 Å². The molecule has 2 rings (SSSR count). The first-order valence-electron chi connectivity index (χ1n) is 7.49. The molecule has 0 saturated heterocycles. The summed E-state index contributed by atoms with van der Waals surface area (Å²) in [6.07, 6.45) is -0.108. The largest absolute Gasteiger partial charge is 0.455 e.